The fourth-order valence-electron chi connectivity index (χ4n) is 7.69. The number of aliphatic hydroxyl groups excluding tert-OH is 1. The molecule has 0 rings (SSSR count). The van der Waals surface area contributed by atoms with E-state index in [1.165, 1.54) is 83.5 Å². The first kappa shape index (κ1) is 70.1. The summed E-state index contributed by atoms with van der Waals surface area (Å²) in [6.07, 6.45) is 30.1. The highest BCUT2D eigenvalue weighted by Crippen LogP contribution is 2.45. The molecule has 0 spiro atoms. The highest BCUT2D eigenvalue weighted by atomic mass is 31.2. The molecule has 0 aromatic carbocycles. The van der Waals surface area contributed by atoms with Crippen molar-refractivity contribution in [2.24, 2.45) is 0 Å². The molecule has 0 fully saturated rings. The number of unbranched alkanes of at least 4 members (excludes halogenated alkanes) is 28. The van der Waals surface area contributed by atoms with Crippen molar-refractivity contribution in [3.63, 3.8) is 0 Å². The van der Waals surface area contributed by atoms with Crippen molar-refractivity contribution in [1.29, 1.82) is 0 Å². The van der Waals surface area contributed by atoms with Gasteiger partial charge in [0.25, 0.3) is 0 Å². The predicted octanol–water partition coefficient (Wildman–Crippen LogP) is 13.6. The van der Waals surface area contributed by atoms with E-state index < -0.39 is 97.5 Å². The van der Waals surface area contributed by atoms with Gasteiger partial charge in [0.2, 0.25) is 0 Å². The normalized spacial score (nSPS) is 14.5. The topological polar surface area (TPSA) is 237 Å². The monoisotopic (exact) mass is 1070 g/mol. The average molecular weight is 1070 g/mol. The zero-order chi connectivity index (χ0) is 53.4. The third-order valence-corrected chi connectivity index (χ3v) is 14.0. The molecule has 17 nitrogen and oxygen atoms in total. The molecule has 0 aliphatic rings. The van der Waals surface area contributed by atoms with Gasteiger partial charge in [0, 0.05) is 25.7 Å². The van der Waals surface area contributed by atoms with Gasteiger partial charge in [0.15, 0.2) is 12.2 Å². The minimum Gasteiger partial charge on any atom is -0.462 e. The number of rotatable bonds is 54. The van der Waals surface area contributed by atoms with Crippen LogP contribution in [0.4, 0.5) is 0 Å². The van der Waals surface area contributed by atoms with Crippen molar-refractivity contribution >= 4 is 39.5 Å². The molecule has 0 bridgehead atoms. The molecule has 0 heterocycles. The van der Waals surface area contributed by atoms with Crippen LogP contribution in [0.15, 0.2) is 0 Å². The van der Waals surface area contributed by atoms with Crippen LogP contribution in [0.2, 0.25) is 0 Å². The van der Waals surface area contributed by atoms with Crippen LogP contribution in [0.3, 0.4) is 0 Å². The Morgan fingerprint density at radius 1 is 0.333 bits per heavy atom. The molecule has 3 N–H and O–H groups in total. The van der Waals surface area contributed by atoms with Crippen LogP contribution in [0.1, 0.15) is 259 Å². The van der Waals surface area contributed by atoms with Gasteiger partial charge in [-0.25, -0.2) is 9.13 Å². The number of aliphatic hydroxyl groups is 1. The summed E-state index contributed by atoms with van der Waals surface area (Å²) >= 11 is 0. The number of ether oxygens (including phenoxy) is 4. The zero-order valence-electron chi connectivity index (χ0n) is 45.4. The van der Waals surface area contributed by atoms with Crippen molar-refractivity contribution in [3.8, 4) is 0 Å². The molecule has 0 aromatic heterocycles. The lowest BCUT2D eigenvalue weighted by molar-refractivity contribution is -0.161. The largest absolute Gasteiger partial charge is 0.472 e. The first-order chi connectivity index (χ1) is 34.7. The Kier molecular flexibility index (Phi) is 47.4. The Morgan fingerprint density at radius 3 is 0.819 bits per heavy atom. The molecule has 19 heteroatoms. The van der Waals surface area contributed by atoms with Crippen LogP contribution in [-0.2, 0) is 65.4 Å². The minimum absolute atomic E-state index is 0.0989. The summed E-state index contributed by atoms with van der Waals surface area (Å²) in [6, 6.07) is 0. The number of carbonyl (C=O) groups excluding carboxylic acids is 4. The maximum Gasteiger partial charge on any atom is 0.472 e. The lowest BCUT2D eigenvalue weighted by Crippen LogP contribution is -2.30. The molecule has 0 aliphatic carbocycles. The van der Waals surface area contributed by atoms with Gasteiger partial charge in [-0.2, -0.15) is 0 Å². The van der Waals surface area contributed by atoms with Crippen LogP contribution in [0.25, 0.3) is 0 Å². The van der Waals surface area contributed by atoms with E-state index in [0.29, 0.717) is 25.7 Å². The molecule has 0 saturated carbocycles. The zero-order valence-corrected chi connectivity index (χ0v) is 47.2. The Balaban J connectivity index is 5.13. The van der Waals surface area contributed by atoms with Crippen molar-refractivity contribution in [2.75, 3.05) is 39.6 Å². The standard InChI is InChI=1S/C53H102O17P2/c1-5-9-13-17-19-21-22-23-24-26-28-32-36-40-53(58)70-49(44-64-51(56)38-34-31-27-25-20-18-14-10-6-2)46-68-72(61,62)66-42-47(54)41-65-71(59,60)67-45-48(69-52(57)39-35-30-16-12-8-4)43-63-50(55)37-33-29-15-11-7-3/h47-49,54H,5-46H2,1-4H3,(H,59,60)(H,61,62)/t47-,48+,49+/m0/s1. The number of hydrogen-bond donors (Lipinski definition) is 3. The summed E-state index contributed by atoms with van der Waals surface area (Å²) in [5.41, 5.74) is 0. The summed E-state index contributed by atoms with van der Waals surface area (Å²) in [5.74, 6) is -2.17. The molecular weight excluding hydrogens is 971 g/mol. The van der Waals surface area contributed by atoms with Crippen molar-refractivity contribution < 1.29 is 80.2 Å². The van der Waals surface area contributed by atoms with Crippen molar-refractivity contribution in [1.82, 2.24) is 0 Å². The molecule has 0 amide bonds. The fourth-order valence-corrected chi connectivity index (χ4v) is 9.27. The second kappa shape index (κ2) is 48.7. The molecule has 5 atom stereocenters. The summed E-state index contributed by atoms with van der Waals surface area (Å²) in [5, 5.41) is 10.4. The SMILES string of the molecule is CCCCCCCCCCCCCCCC(=O)O[C@H](COC(=O)CCCCCCCCCCC)COP(=O)(O)OC[C@@H](O)COP(=O)(O)OC[C@@H](COC(=O)CCCCCCC)OC(=O)CCCCCCC. The second-order valence-corrected chi connectivity index (χ2v) is 22.2. The molecule has 0 radical (unpaired) electrons. The van der Waals surface area contributed by atoms with Crippen molar-refractivity contribution in [3.05, 3.63) is 0 Å². The summed E-state index contributed by atoms with van der Waals surface area (Å²) < 4.78 is 67.1. The first-order valence-electron chi connectivity index (χ1n) is 28.3. The highest BCUT2D eigenvalue weighted by Gasteiger charge is 2.30. The Morgan fingerprint density at radius 2 is 0.556 bits per heavy atom. The molecule has 2 unspecified atom stereocenters. The van der Waals surface area contributed by atoms with Gasteiger partial charge in [0.05, 0.1) is 26.4 Å². The van der Waals surface area contributed by atoms with Gasteiger partial charge >= 0.3 is 39.5 Å². The number of phosphoric ester groups is 2. The van der Waals surface area contributed by atoms with E-state index in [1.54, 1.807) is 0 Å². The maximum absolute atomic E-state index is 12.8. The Bertz CT molecular complexity index is 1420. The lowest BCUT2D eigenvalue weighted by Gasteiger charge is -2.21. The van der Waals surface area contributed by atoms with Gasteiger partial charge in [-0.1, -0.05) is 207 Å². The number of phosphoric acid groups is 2. The molecule has 72 heavy (non-hydrogen) atoms. The summed E-state index contributed by atoms with van der Waals surface area (Å²) in [4.78, 5) is 71.1. The number of esters is 4. The van der Waals surface area contributed by atoms with E-state index in [-0.39, 0.29) is 25.7 Å². The molecule has 0 aromatic rings. The minimum atomic E-state index is -4.93. The fraction of sp³-hybridized carbons (Fsp3) is 0.925. The molecule has 0 aliphatic heterocycles. The second-order valence-electron chi connectivity index (χ2n) is 19.3. The van der Waals surface area contributed by atoms with Crippen LogP contribution in [-0.4, -0.2) is 96.7 Å². The maximum atomic E-state index is 12.8. The highest BCUT2D eigenvalue weighted by molar-refractivity contribution is 7.47. The first-order valence-corrected chi connectivity index (χ1v) is 31.3. The van der Waals surface area contributed by atoms with E-state index in [0.717, 1.165) is 96.3 Å². The number of hydrogen-bond acceptors (Lipinski definition) is 15. The van der Waals surface area contributed by atoms with Crippen LogP contribution in [0, 0.1) is 0 Å². The number of carbonyl (C=O) groups is 4. The Hall–Kier alpha value is -1.94. The molecule has 426 valence electrons. The third-order valence-electron chi connectivity index (χ3n) is 12.1. The van der Waals surface area contributed by atoms with Gasteiger partial charge in [-0.05, 0) is 25.7 Å². The summed E-state index contributed by atoms with van der Waals surface area (Å²) in [7, 11) is -9.84. The van der Waals surface area contributed by atoms with E-state index >= 15 is 0 Å². The average Bonchev–Trinajstić information content (AvgIpc) is 3.35. The van der Waals surface area contributed by atoms with E-state index in [2.05, 4.69) is 27.7 Å². The lowest BCUT2D eigenvalue weighted by atomic mass is 10.0. The Labute approximate surface area is 435 Å². The van der Waals surface area contributed by atoms with Crippen LogP contribution in [0.5, 0.6) is 0 Å². The van der Waals surface area contributed by atoms with Crippen LogP contribution >= 0.6 is 15.6 Å². The van der Waals surface area contributed by atoms with Gasteiger partial charge < -0.3 is 33.8 Å². The predicted molar refractivity (Wildman–Crippen MR) is 280 cm³/mol. The van der Waals surface area contributed by atoms with E-state index in [9.17, 15) is 43.2 Å². The van der Waals surface area contributed by atoms with E-state index in [4.69, 9.17) is 37.0 Å². The summed E-state index contributed by atoms with van der Waals surface area (Å²) in [6.45, 7) is 4.61. The van der Waals surface area contributed by atoms with Gasteiger partial charge in [0.1, 0.15) is 19.3 Å². The van der Waals surface area contributed by atoms with Gasteiger partial charge in [-0.15, -0.1) is 0 Å². The van der Waals surface area contributed by atoms with E-state index in [1.807, 2.05) is 0 Å². The molecule has 0 saturated heterocycles. The quantitative estimate of drug-likeness (QED) is 0.0222. The third kappa shape index (κ3) is 47.8. The smallest absolute Gasteiger partial charge is 0.462 e. The molecular formula is C53H102O17P2. The van der Waals surface area contributed by atoms with Gasteiger partial charge in [-0.3, -0.25) is 37.3 Å². The van der Waals surface area contributed by atoms with Crippen LogP contribution < -0.4 is 0 Å². The van der Waals surface area contributed by atoms with Crippen molar-refractivity contribution in [2.45, 2.75) is 277 Å².